The van der Waals surface area contributed by atoms with Crippen molar-refractivity contribution in [1.29, 1.82) is 0 Å². The van der Waals surface area contributed by atoms with E-state index in [-0.39, 0.29) is 36.2 Å². The van der Waals surface area contributed by atoms with Crippen LogP contribution in [-0.4, -0.2) is 46.8 Å². The number of imide groups is 1. The van der Waals surface area contributed by atoms with Gasteiger partial charge in [-0.15, -0.1) is 11.3 Å². The van der Waals surface area contributed by atoms with Crippen molar-refractivity contribution in [3.05, 3.63) is 52.3 Å². The van der Waals surface area contributed by atoms with E-state index >= 15 is 4.39 Å². The van der Waals surface area contributed by atoms with Crippen LogP contribution in [0.15, 0.2) is 30.3 Å². The fraction of sp³-hybridized carbons (Fsp3) is 0.320. The summed E-state index contributed by atoms with van der Waals surface area (Å²) in [5.41, 5.74) is 0.0162. The van der Waals surface area contributed by atoms with E-state index in [4.69, 9.17) is 4.74 Å². The molecule has 5 amide bonds. The van der Waals surface area contributed by atoms with Crippen LogP contribution in [-0.2, 0) is 21.7 Å². The van der Waals surface area contributed by atoms with Gasteiger partial charge in [-0.25, -0.2) is 14.2 Å². The van der Waals surface area contributed by atoms with Crippen LogP contribution in [0.4, 0.5) is 14.9 Å². The maximum atomic E-state index is 15.4. The number of aromatic nitrogens is 1. The molecule has 3 heterocycles. The van der Waals surface area contributed by atoms with E-state index in [1.165, 1.54) is 28.4 Å². The third-order valence-corrected chi connectivity index (χ3v) is 7.80. The Morgan fingerprint density at radius 3 is 2.76 bits per heavy atom. The Kier molecular flexibility index (Phi) is 6.06. The predicted octanol–water partition coefficient (Wildman–Crippen LogP) is 3.26. The predicted molar refractivity (Wildman–Crippen MR) is 134 cm³/mol. The Labute approximate surface area is 215 Å². The van der Waals surface area contributed by atoms with Crippen LogP contribution in [0.1, 0.15) is 47.6 Å². The van der Waals surface area contributed by atoms with Gasteiger partial charge in [-0.05, 0) is 50.6 Å². The monoisotopic (exact) mass is 525 g/mol. The third kappa shape index (κ3) is 4.48. The first-order valence-corrected chi connectivity index (χ1v) is 12.4. The van der Waals surface area contributed by atoms with Crippen LogP contribution in [0.5, 0.6) is 5.75 Å². The van der Waals surface area contributed by atoms with Gasteiger partial charge in [0.25, 0.3) is 5.91 Å². The minimum Gasteiger partial charge on any atom is -0.497 e. The van der Waals surface area contributed by atoms with Crippen molar-refractivity contribution in [3.63, 3.8) is 0 Å². The Morgan fingerprint density at radius 1 is 1.24 bits per heavy atom. The second-order valence-electron chi connectivity index (χ2n) is 9.41. The smallest absolute Gasteiger partial charge is 0.320 e. The molecule has 37 heavy (non-hydrogen) atoms. The molecule has 0 saturated carbocycles. The molecule has 0 radical (unpaired) electrons. The quantitative estimate of drug-likeness (QED) is 0.439. The van der Waals surface area contributed by atoms with Gasteiger partial charge in [0.1, 0.15) is 16.8 Å². The van der Waals surface area contributed by atoms with Crippen LogP contribution in [0.25, 0.3) is 10.2 Å². The van der Waals surface area contributed by atoms with E-state index in [0.29, 0.717) is 10.8 Å². The number of rotatable bonds is 5. The Balaban J connectivity index is 1.31. The SMILES string of the molecule is COc1ccc2nc(C(C)(C)NC(=O)Nc3ccc4c(c3F)CN(C3CCC(=O)NC3=O)C4=O)sc2c1. The van der Waals surface area contributed by atoms with E-state index in [2.05, 4.69) is 20.9 Å². The highest BCUT2D eigenvalue weighted by Gasteiger charge is 2.40. The van der Waals surface area contributed by atoms with Gasteiger partial charge in [0.15, 0.2) is 5.82 Å². The Morgan fingerprint density at radius 2 is 2.03 bits per heavy atom. The lowest BCUT2D eigenvalue weighted by molar-refractivity contribution is -0.136. The van der Waals surface area contributed by atoms with E-state index in [0.717, 1.165) is 10.2 Å². The van der Waals surface area contributed by atoms with Crippen molar-refractivity contribution in [2.45, 2.75) is 44.8 Å². The van der Waals surface area contributed by atoms with Crippen molar-refractivity contribution in [2.75, 3.05) is 12.4 Å². The number of piperidine rings is 1. The molecule has 1 aromatic heterocycles. The summed E-state index contributed by atoms with van der Waals surface area (Å²) in [5.74, 6) is -1.52. The molecule has 0 aliphatic carbocycles. The van der Waals surface area contributed by atoms with Gasteiger partial charge in [-0.1, -0.05) is 0 Å². The maximum Gasteiger partial charge on any atom is 0.320 e. The minimum atomic E-state index is -0.868. The zero-order valence-corrected chi connectivity index (χ0v) is 21.1. The fourth-order valence-electron chi connectivity index (χ4n) is 4.49. The van der Waals surface area contributed by atoms with Gasteiger partial charge in [0, 0.05) is 17.5 Å². The second-order valence-corrected chi connectivity index (χ2v) is 10.4. The number of nitrogens with zero attached hydrogens (tertiary/aromatic N) is 2. The van der Waals surface area contributed by atoms with E-state index in [1.54, 1.807) is 21.0 Å². The molecule has 12 heteroatoms. The molecule has 0 spiro atoms. The van der Waals surface area contributed by atoms with Gasteiger partial charge in [0.2, 0.25) is 11.8 Å². The number of hydrogen-bond acceptors (Lipinski definition) is 7. The molecule has 1 saturated heterocycles. The first kappa shape index (κ1) is 24.6. The number of urea groups is 1. The zero-order valence-electron chi connectivity index (χ0n) is 20.3. The van der Waals surface area contributed by atoms with Crippen molar-refractivity contribution >= 4 is 51.0 Å². The zero-order chi connectivity index (χ0) is 26.5. The van der Waals surface area contributed by atoms with Crippen molar-refractivity contribution in [3.8, 4) is 5.75 Å². The van der Waals surface area contributed by atoms with Crippen molar-refractivity contribution in [2.24, 2.45) is 0 Å². The number of hydrogen-bond donors (Lipinski definition) is 3. The summed E-state index contributed by atoms with van der Waals surface area (Å²) < 4.78 is 21.5. The topological polar surface area (TPSA) is 130 Å². The molecule has 0 bridgehead atoms. The molecule has 3 N–H and O–H groups in total. The molecule has 1 fully saturated rings. The lowest BCUT2D eigenvalue weighted by Gasteiger charge is -2.29. The number of nitrogens with one attached hydrogen (secondary N) is 3. The summed E-state index contributed by atoms with van der Waals surface area (Å²) in [6, 6.07) is 6.75. The lowest BCUT2D eigenvalue weighted by Crippen LogP contribution is -2.52. The van der Waals surface area contributed by atoms with Gasteiger partial charge < -0.3 is 20.3 Å². The van der Waals surface area contributed by atoms with Crippen LogP contribution in [0.2, 0.25) is 0 Å². The first-order chi connectivity index (χ1) is 17.6. The van der Waals surface area contributed by atoms with Gasteiger partial charge in [-0.3, -0.25) is 19.7 Å². The van der Waals surface area contributed by atoms with Crippen LogP contribution < -0.4 is 20.7 Å². The molecular formula is C25H24FN5O5S. The number of thiazole rings is 1. The number of carbonyl (C=O) groups excluding carboxylic acids is 4. The highest BCUT2D eigenvalue weighted by molar-refractivity contribution is 7.18. The molecule has 10 nitrogen and oxygen atoms in total. The molecule has 2 aliphatic rings. The van der Waals surface area contributed by atoms with Gasteiger partial charge in [0.05, 0.1) is 35.1 Å². The molecule has 1 atom stereocenters. The number of ether oxygens (including phenoxy) is 1. The standard InChI is InChI=1S/C25H24FN5O5S/c1-25(2,23-27-15-6-4-12(36-3)10-18(15)37-23)30-24(35)28-16-7-5-13-14(20(16)26)11-31(22(13)34)17-8-9-19(32)29-21(17)33/h4-7,10,17H,8-9,11H2,1-3H3,(H2,28,30,35)(H,29,32,33). The number of halogens is 1. The second kappa shape index (κ2) is 9.11. The summed E-state index contributed by atoms with van der Waals surface area (Å²) in [4.78, 5) is 55.2. The number of amides is 5. The number of carbonyl (C=O) groups is 4. The minimum absolute atomic E-state index is 0.0897. The third-order valence-electron chi connectivity index (χ3n) is 6.45. The van der Waals surface area contributed by atoms with Gasteiger partial charge in [-0.2, -0.15) is 0 Å². The molecule has 192 valence electrons. The highest BCUT2D eigenvalue weighted by Crippen LogP contribution is 2.34. The van der Waals surface area contributed by atoms with Crippen LogP contribution in [0, 0.1) is 5.82 Å². The maximum absolute atomic E-state index is 15.4. The fourth-order valence-corrected chi connectivity index (χ4v) is 5.54. The summed E-state index contributed by atoms with van der Waals surface area (Å²) in [6.07, 6.45) is 0.275. The largest absolute Gasteiger partial charge is 0.497 e. The molecule has 2 aromatic carbocycles. The number of fused-ring (bicyclic) bond motifs is 2. The summed E-state index contributed by atoms with van der Waals surface area (Å²) in [5, 5.41) is 8.21. The number of methoxy groups -OCH3 is 1. The molecule has 1 unspecified atom stereocenters. The molecular weight excluding hydrogens is 501 g/mol. The number of benzene rings is 2. The Bertz CT molecular complexity index is 1470. The van der Waals surface area contributed by atoms with Crippen LogP contribution >= 0.6 is 11.3 Å². The Hall–Kier alpha value is -4.06. The normalized spacial score (nSPS) is 17.6. The molecule has 3 aromatic rings. The van der Waals surface area contributed by atoms with Crippen molar-refractivity contribution < 1.29 is 28.3 Å². The summed E-state index contributed by atoms with van der Waals surface area (Å²) in [7, 11) is 1.58. The van der Waals surface area contributed by atoms with E-state index < -0.39 is 41.2 Å². The highest BCUT2D eigenvalue weighted by atomic mass is 32.1. The average molecular weight is 526 g/mol. The van der Waals surface area contributed by atoms with Crippen LogP contribution in [0.3, 0.4) is 0 Å². The van der Waals surface area contributed by atoms with E-state index in [1.807, 2.05) is 18.2 Å². The summed E-state index contributed by atoms with van der Waals surface area (Å²) >= 11 is 1.41. The van der Waals surface area contributed by atoms with E-state index in [9.17, 15) is 19.2 Å². The number of anilines is 1. The molecule has 2 aliphatic heterocycles. The average Bonchev–Trinajstić information content (AvgIpc) is 3.42. The van der Waals surface area contributed by atoms with Gasteiger partial charge >= 0.3 is 6.03 Å². The first-order valence-electron chi connectivity index (χ1n) is 11.6. The van der Waals surface area contributed by atoms with Crippen molar-refractivity contribution in [1.82, 2.24) is 20.5 Å². The summed E-state index contributed by atoms with van der Waals surface area (Å²) in [6.45, 7) is 3.44. The lowest BCUT2D eigenvalue weighted by atomic mass is 10.0. The molecule has 5 rings (SSSR count).